The Morgan fingerprint density at radius 1 is 1.29 bits per heavy atom. The second kappa shape index (κ2) is 9.50. The Hall–Kier alpha value is -2.89. The Bertz CT molecular complexity index is 871. The Balaban J connectivity index is 1.72. The molecule has 1 aromatic carbocycles. The van der Waals surface area contributed by atoms with Gasteiger partial charge in [0, 0.05) is 6.42 Å². The fraction of sp³-hybridized carbons (Fsp3) is 0.474. The molecule has 31 heavy (non-hydrogen) atoms. The third kappa shape index (κ3) is 5.84. The second-order valence-electron chi connectivity index (χ2n) is 6.63. The Morgan fingerprint density at radius 2 is 2.00 bits per heavy atom. The third-order valence-corrected chi connectivity index (χ3v) is 4.50. The zero-order chi connectivity index (χ0) is 22.6. The highest BCUT2D eigenvalue weighted by Crippen LogP contribution is 2.32. The van der Waals surface area contributed by atoms with Gasteiger partial charge in [-0.15, -0.1) is 0 Å². The van der Waals surface area contributed by atoms with Gasteiger partial charge in [0.2, 0.25) is 0 Å². The van der Waals surface area contributed by atoms with Crippen LogP contribution < -0.4 is 9.64 Å². The molecule has 2 atom stereocenters. The van der Waals surface area contributed by atoms with Gasteiger partial charge in [0.25, 0.3) is 6.01 Å². The lowest BCUT2D eigenvalue weighted by molar-refractivity contribution is -0.137. The molecule has 0 bridgehead atoms. The first-order chi connectivity index (χ1) is 14.7. The van der Waals surface area contributed by atoms with Crippen LogP contribution in [-0.2, 0) is 15.7 Å². The molecule has 3 rings (SSSR count). The maximum absolute atomic E-state index is 12.7. The maximum Gasteiger partial charge on any atom is 0.416 e. The van der Waals surface area contributed by atoms with Gasteiger partial charge < -0.3 is 23.5 Å². The molecule has 12 heteroatoms. The number of oxazole rings is 1. The minimum absolute atomic E-state index is 0.00978. The average molecular weight is 450 g/mol. The number of aromatic nitrogens is 1. The van der Waals surface area contributed by atoms with E-state index in [0.717, 1.165) is 18.4 Å². The van der Waals surface area contributed by atoms with Crippen molar-refractivity contribution in [3.8, 4) is 5.75 Å². The second-order valence-corrected chi connectivity index (χ2v) is 6.63. The number of rotatable bonds is 8. The van der Waals surface area contributed by atoms with Gasteiger partial charge in [-0.2, -0.15) is 26.9 Å². The number of halogens is 5. The third-order valence-electron chi connectivity index (χ3n) is 4.50. The summed E-state index contributed by atoms with van der Waals surface area (Å²) in [6, 6.07) is 3.50. The Kier molecular flexibility index (Phi) is 6.98. The highest BCUT2D eigenvalue weighted by atomic mass is 19.4. The zero-order valence-electron chi connectivity index (χ0n) is 16.3. The van der Waals surface area contributed by atoms with E-state index in [9.17, 15) is 26.7 Å². The molecule has 0 spiro atoms. The monoisotopic (exact) mass is 450 g/mol. The molecule has 1 aliphatic heterocycles. The van der Waals surface area contributed by atoms with Crippen molar-refractivity contribution in [3.63, 3.8) is 0 Å². The molecule has 7 nitrogen and oxygen atoms in total. The number of carbonyl (C=O) groups is 1. The van der Waals surface area contributed by atoms with Gasteiger partial charge in [-0.05, 0) is 31.2 Å². The van der Waals surface area contributed by atoms with Crippen LogP contribution in [-0.4, -0.2) is 49.5 Å². The molecular weight excluding hydrogens is 431 g/mol. The highest BCUT2D eigenvalue weighted by molar-refractivity contribution is 5.87. The summed E-state index contributed by atoms with van der Waals surface area (Å²) in [7, 11) is 0. The molecule has 1 aromatic heterocycles. The highest BCUT2D eigenvalue weighted by Gasteiger charge is 2.37. The van der Waals surface area contributed by atoms with Crippen LogP contribution >= 0.6 is 0 Å². The first-order valence-electron chi connectivity index (χ1n) is 9.30. The first-order valence-corrected chi connectivity index (χ1v) is 9.30. The van der Waals surface area contributed by atoms with Crippen molar-refractivity contribution in [2.75, 3.05) is 24.7 Å². The Labute approximate surface area is 173 Å². The van der Waals surface area contributed by atoms with Crippen LogP contribution in [0.15, 0.2) is 34.9 Å². The first kappa shape index (κ1) is 22.8. The van der Waals surface area contributed by atoms with Gasteiger partial charge in [-0.25, -0.2) is 4.79 Å². The van der Waals surface area contributed by atoms with Gasteiger partial charge in [-0.3, -0.25) is 0 Å². The summed E-state index contributed by atoms with van der Waals surface area (Å²) in [5.74, 6) is -0.511. The van der Waals surface area contributed by atoms with Crippen molar-refractivity contribution in [2.45, 2.75) is 38.3 Å². The SMILES string of the molecule is CCOC(=O)c1coc(N2C[C@@H](Oc3ccc(C(F)(F)F)cc3)C[C@H]2COC(F)F)n1. The number of nitrogens with zero attached hydrogens (tertiary/aromatic N) is 2. The molecule has 0 aliphatic carbocycles. The van der Waals surface area contributed by atoms with E-state index in [2.05, 4.69) is 9.72 Å². The van der Waals surface area contributed by atoms with E-state index in [-0.39, 0.29) is 43.6 Å². The number of benzene rings is 1. The molecule has 0 amide bonds. The summed E-state index contributed by atoms with van der Waals surface area (Å²) in [4.78, 5) is 17.3. The average Bonchev–Trinajstić information content (AvgIpc) is 3.33. The Morgan fingerprint density at radius 3 is 2.61 bits per heavy atom. The molecule has 0 N–H and O–H groups in total. The molecule has 2 heterocycles. The van der Waals surface area contributed by atoms with Crippen molar-refractivity contribution in [2.24, 2.45) is 0 Å². The number of esters is 1. The molecule has 1 aliphatic rings. The number of anilines is 1. The topological polar surface area (TPSA) is 74.0 Å². The van der Waals surface area contributed by atoms with Crippen molar-refractivity contribution in [1.29, 1.82) is 0 Å². The van der Waals surface area contributed by atoms with Crippen molar-refractivity contribution < 1.29 is 45.4 Å². The van der Waals surface area contributed by atoms with E-state index in [1.165, 1.54) is 17.0 Å². The fourth-order valence-electron chi connectivity index (χ4n) is 3.15. The smallest absolute Gasteiger partial charge is 0.416 e. The summed E-state index contributed by atoms with van der Waals surface area (Å²) >= 11 is 0. The maximum atomic E-state index is 12.7. The van der Waals surface area contributed by atoms with Gasteiger partial charge in [0.1, 0.15) is 18.1 Å². The predicted molar refractivity (Wildman–Crippen MR) is 96.0 cm³/mol. The molecule has 170 valence electrons. The van der Waals surface area contributed by atoms with Crippen LogP contribution in [0.2, 0.25) is 0 Å². The van der Waals surface area contributed by atoms with E-state index >= 15 is 0 Å². The fourth-order valence-corrected chi connectivity index (χ4v) is 3.15. The number of carbonyl (C=O) groups excluding carboxylic acids is 1. The molecule has 1 fully saturated rings. The van der Waals surface area contributed by atoms with Crippen molar-refractivity contribution in [1.82, 2.24) is 4.98 Å². The lowest BCUT2D eigenvalue weighted by Gasteiger charge is -2.21. The van der Waals surface area contributed by atoms with Crippen LogP contribution in [0, 0.1) is 0 Å². The van der Waals surface area contributed by atoms with Gasteiger partial charge in [-0.1, -0.05) is 0 Å². The normalized spacial score (nSPS) is 19.1. The van der Waals surface area contributed by atoms with Gasteiger partial charge >= 0.3 is 18.8 Å². The number of hydrogen-bond donors (Lipinski definition) is 0. The zero-order valence-corrected chi connectivity index (χ0v) is 16.3. The minimum Gasteiger partial charge on any atom is -0.489 e. The van der Waals surface area contributed by atoms with Crippen LogP contribution in [0.1, 0.15) is 29.4 Å². The number of hydrogen-bond acceptors (Lipinski definition) is 7. The minimum atomic E-state index is -4.47. The van der Waals surface area contributed by atoms with E-state index < -0.39 is 36.5 Å². The summed E-state index contributed by atoms with van der Waals surface area (Å²) in [5, 5.41) is 0. The quantitative estimate of drug-likeness (QED) is 0.442. The van der Waals surface area contributed by atoms with Crippen LogP contribution in [0.5, 0.6) is 5.75 Å². The van der Waals surface area contributed by atoms with Crippen molar-refractivity contribution in [3.05, 3.63) is 41.8 Å². The predicted octanol–water partition coefficient (Wildman–Crippen LogP) is 4.14. The number of ether oxygens (including phenoxy) is 3. The molecule has 2 aromatic rings. The van der Waals surface area contributed by atoms with E-state index in [1.807, 2.05) is 0 Å². The largest absolute Gasteiger partial charge is 0.489 e. The molecule has 0 unspecified atom stereocenters. The summed E-state index contributed by atoms with van der Waals surface area (Å²) in [6.07, 6.45) is -3.74. The van der Waals surface area contributed by atoms with Crippen LogP contribution in [0.25, 0.3) is 0 Å². The van der Waals surface area contributed by atoms with E-state index in [4.69, 9.17) is 13.9 Å². The van der Waals surface area contributed by atoms with Crippen LogP contribution in [0.4, 0.5) is 28.0 Å². The van der Waals surface area contributed by atoms with E-state index in [1.54, 1.807) is 6.92 Å². The lowest BCUT2D eigenvalue weighted by Crippen LogP contribution is -2.34. The van der Waals surface area contributed by atoms with Crippen molar-refractivity contribution >= 4 is 12.0 Å². The standard InChI is InChI=1S/C19H19F5N2O5/c1-2-28-16(27)15-10-30-18(25-15)26-8-14(7-12(26)9-29-17(20)21)31-13-5-3-11(4-6-13)19(22,23)24/h3-6,10,12,14,17H,2,7-9H2,1H3/t12-,14-/m0/s1. The molecule has 0 radical (unpaired) electrons. The number of alkyl halides is 5. The molecule has 1 saturated heterocycles. The summed E-state index contributed by atoms with van der Waals surface area (Å²) in [6.45, 7) is -1.47. The lowest BCUT2D eigenvalue weighted by atomic mass is 10.2. The van der Waals surface area contributed by atoms with Crippen LogP contribution in [0.3, 0.4) is 0 Å². The van der Waals surface area contributed by atoms with Gasteiger partial charge in [0.05, 0.1) is 31.4 Å². The van der Waals surface area contributed by atoms with Gasteiger partial charge in [0.15, 0.2) is 5.69 Å². The summed E-state index contributed by atoms with van der Waals surface area (Å²) < 4.78 is 83.4. The molecular formula is C19H19F5N2O5. The summed E-state index contributed by atoms with van der Waals surface area (Å²) in [5.41, 5.74) is -0.903. The van der Waals surface area contributed by atoms with E-state index in [0.29, 0.717) is 0 Å². The molecule has 0 saturated carbocycles.